The number of piperidine rings is 1. The number of nitrogens with zero attached hydrogens (tertiary/aromatic N) is 3. The largest absolute Gasteiger partial charge is 0.435 e. The van der Waals surface area contributed by atoms with Crippen LogP contribution in [0.15, 0.2) is 24.3 Å². The maximum atomic E-state index is 13.9. The molecule has 6 nitrogen and oxygen atoms in total. The number of halogens is 4. The summed E-state index contributed by atoms with van der Waals surface area (Å²) in [5.74, 6) is -1.78. The van der Waals surface area contributed by atoms with Gasteiger partial charge in [0.1, 0.15) is 11.5 Å². The van der Waals surface area contributed by atoms with Crippen molar-refractivity contribution in [1.82, 2.24) is 25.6 Å². The lowest BCUT2D eigenvalue weighted by atomic mass is 9.94. The minimum Gasteiger partial charge on any atom is -0.346 e. The average molecular weight is 371 g/mol. The number of nitrogens with one attached hydrogen (secondary N) is 2. The van der Waals surface area contributed by atoms with Gasteiger partial charge >= 0.3 is 6.18 Å². The van der Waals surface area contributed by atoms with Crippen molar-refractivity contribution >= 4 is 5.91 Å². The third kappa shape index (κ3) is 3.55. The summed E-state index contributed by atoms with van der Waals surface area (Å²) in [6, 6.07) is 4.53. The normalized spacial score (nSPS) is 20.8. The summed E-state index contributed by atoms with van der Waals surface area (Å²) >= 11 is 0. The average Bonchev–Trinajstić information content (AvgIpc) is 3.02. The van der Waals surface area contributed by atoms with E-state index in [0.717, 1.165) is 25.1 Å². The van der Waals surface area contributed by atoms with Gasteiger partial charge in [-0.15, -0.1) is 5.10 Å². The van der Waals surface area contributed by atoms with E-state index in [1.54, 1.807) is 0 Å². The maximum Gasteiger partial charge on any atom is 0.435 e. The van der Waals surface area contributed by atoms with E-state index in [0.29, 0.717) is 11.2 Å². The van der Waals surface area contributed by atoms with Gasteiger partial charge in [0.2, 0.25) is 0 Å². The molecule has 140 valence electrons. The van der Waals surface area contributed by atoms with Crippen LogP contribution < -0.4 is 10.6 Å². The number of hydrogen-bond donors (Lipinski definition) is 2. The van der Waals surface area contributed by atoms with E-state index in [1.807, 2.05) is 6.92 Å². The Labute approximate surface area is 146 Å². The number of alkyl halides is 3. The second-order valence-corrected chi connectivity index (χ2v) is 6.20. The molecule has 0 bridgehead atoms. The Balaban J connectivity index is 1.97. The molecule has 2 aromatic rings. The van der Waals surface area contributed by atoms with Gasteiger partial charge in [0.15, 0.2) is 11.4 Å². The van der Waals surface area contributed by atoms with Gasteiger partial charge in [0.25, 0.3) is 5.91 Å². The summed E-state index contributed by atoms with van der Waals surface area (Å²) in [7, 11) is 0. The van der Waals surface area contributed by atoms with Crippen LogP contribution in [-0.4, -0.2) is 40.0 Å². The summed E-state index contributed by atoms with van der Waals surface area (Å²) < 4.78 is 54.9. The van der Waals surface area contributed by atoms with Crippen molar-refractivity contribution in [3.8, 4) is 5.69 Å². The Morgan fingerprint density at radius 3 is 2.73 bits per heavy atom. The molecule has 1 aliphatic heterocycles. The van der Waals surface area contributed by atoms with Crippen LogP contribution in [-0.2, 0) is 6.18 Å². The van der Waals surface area contributed by atoms with Crippen LogP contribution in [0.3, 0.4) is 0 Å². The third-order valence-electron chi connectivity index (χ3n) is 4.38. The van der Waals surface area contributed by atoms with E-state index >= 15 is 0 Å². The maximum absolute atomic E-state index is 13.9. The van der Waals surface area contributed by atoms with Crippen LogP contribution in [0.2, 0.25) is 0 Å². The van der Waals surface area contributed by atoms with Crippen LogP contribution >= 0.6 is 0 Å². The van der Waals surface area contributed by atoms with Crippen LogP contribution in [0, 0.1) is 11.7 Å². The predicted octanol–water partition coefficient (Wildman–Crippen LogP) is 2.15. The second-order valence-electron chi connectivity index (χ2n) is 6.20. The molecule has 3 rings (SSSR count). The number of hydrogen-bond acceptors (Lipinski definition) is 4. The van der Waals surface area contributed by atoms with Gasteiger partial charge in [0.05, 0.1) is 0 Å². The van der Waals surface area contributed by atoms with E-state index in [-0.39, 0.29) is 12.0 Å². The second kappa shape index (κ2) is 7.02. The Kier molecular flexibility index (Phi) is 4.94. The lowest BCUT2D eigenvalue weighted by molar-refractivity contribution is -0.143. The molecule has 2 N–H and O–H groups in total. The summed E-state index contributed by atoms with van der Waals surface area (Å²) in [6.07, 6.45) is -4.14. The van der Waals surface area contributed by atoms with E-state index < -0.39 is 35.0 Å². The topological polar surface area (TPSA) is 71.8 Å². The van der Waals surface area contributed by atoms with Crippen molar-refractivity contribution in [2.45, 2.75) is 25.6 Å². The summed E-state index contributed by atoms with van der Waals surface area (Å²) in [5.41, 5.74) is -2.71. The Hall–Kier alpha value is -2.49. The fourth-order valence-corrected chi connectivity index (χ4v) is 2.90. The van der Waals surface area contributed by atoms with E-state index in [2.05, 4.69) is 20.9 Å². The summed E-state index contributed by atoms with van der Waals surface area (Å²) in [4.78, 5) is 12.4. The zero-order valence-corrected chi connectivity index (χ0v) is 13.8. The van der Waals surface area contributed by atoms with Gasteiger partial charge in [-0.1, -0.05) is 24.3 Å². The SMILES string of the molecule is CC1CCNCC1NC(=O)c1nnn(-c2ccccc2F)c1C(F)(F)F. The molecule has 0 radical (unpaired) electrons. The van der Waals surface area contributed by atoms with Gasteiger partial charge in [-0.25, -0.2) is 9.07 Å². The minimum atomic E-state index is -4.94. The van der Waals surface area contributed by atoms with Gasteiger partial charge < -0.3 is 10.6 Å². The first kappa shape index (κ1) is 18.3. The lowest BCUT2D eigenvalue weighted by Gasteiger charge is -2.30. The number of carbonyl (C=O) groups is 1. The first-order chi connectivity index (χ1) is 12.3. The molecule has 1 fully saturated rings. The third-order valence-corrected chi connectivity index (χ3v) is 4.38. The van der Waals surface area contributed by atoms with Crippen molar-refractivity contribution in [2.24, 2.45) is 5.92 Å². The highest BCUT2D eigenvalue weighted by molar-refractivity contribution is 5.93. The van der Waals surface area contributed by atoms with Crippen molar-refractivity contribution in [2.75, 3.05) is 13.1 Å². The molecule has 0 saturated carbocycles. The monoisotopic (exact) mass is 371 g/mol. The highest BCUT2D eigenvalue weighted by Gasteiger charge is 2.42. The predicted molar refractivity (Wildman–Crippen MR) is 84.2 cm³/mol. The number of para-hydroxylation sites is 1. The van der Waals surface area contributed by atoms with E-state index in [1.165, 1.54) is 12.1 Å². The summed E-state index contributed by atoms with van der Waals surface area (Å²) in [6.45, 7) is 3.15. The molecule has 1 aromatic heterocycles. The number of aromatic nitrogens is 3. The number of carbonyl (C=O) groups excluding carboxylic acids is 1. The molecule has 2 heterocycles. The fraction of sp³-hybridized carbons (Fsp3) is 0.438. The highest BCUT2D eigenvalue weighted by atomic mass is 19.4. The molecule has 1 amide bonds. The van der Waals surface area contributed by atoms with Gasteiger partial charge in [-0.2, -0.15) is 13.2 Å². The molecule has 1 aliphatic rings. The molecule has 1 aromatic carbocycles. The van der Waals surface area contributed by atoms with Crippen LogP contribution in [0.5, 0.6) is 0 Å². The number of amides is 1. The van der Waals surface area contributed by atoms with E-state index in [9.17, 15) is 22.4 Å². The van der Waals surface area contributed by atoms with E-state index in [4.69, 9.17) is 0 Å². The molecule has 1 saturated heterocycles. The summed E-state index contributed by atoms with van der Waals surface area (Å²) in [5, 5.41) is 12.4. The highest BCUT2D eigenvalue weighted by Crippen LogP contribution is 2.33. The van der Waals surface area contributed by atoms with Crippen LogP contribution in [0.25, 0.3) is 5.69 Å². The fourth-order valence-electron chi connectivity index (χ4n) is 2.90. The van der Waals surface area contributed by atoms with Gasteiger partial charge in [-0.05, 0) is 31.0 Å². The molecule has 2 atom stereocenters. The smallest absolute Gasteiger partial charge is 0.346 e. The van der Waals surface area contributed by atoms with Crippen molar-refractivity contribution in [3.05, 3.63) is 41.5 Å². The lowest BCUT2D eigenvalue weighted by Crippen LogP contribution is -2.50. The molecule has 10 heteroatoms. The Morgan fingerprint density at radius 1 is 1.35 bits per heavy atom. The minimum absolute atomic E-state index is 0.108. The first-order valence-electron chi connectivity index (χ1n) is 8.08. The number of benzene rings is 1. The standard InChI is InChI=1S/C16H17F4N5O/c1-9-6-7-21-8-11(9)22-15(26)13-14(16(18,19)20)25(24-23-13)12-5-3-2-4-10(12)17/h2-5,9,11,21H,6-8H2,1H3,(H,22,26). The molecular formula is C16H17F4N5O. The van der Waals surface area contributed by atoms with Crippen molar-refractivity contribution < 1.29 is 22.4 Å². The molecule has 26 heavy (non-hydrogen) atoms. The van der Waals surface area contributed by atoms with Gasteiger partial charge in [-0.3, -0.25) is 4.79 Å². The quantitative estimate of drug-likeness (QED) is 0.811. The first-order valence-corrected chi connectivity index (χ1v) is 8.08. The molecule has 0 spiro atoms. The van der Waals surface area contributed by atoms with Crippen molar-refractivity contribution in [3.63, 3.8) is 0 Å². The molecule has 0 aliphatic carbocycles. The van der Waals surface area contributed by atoms with Crippen LogP contribution in [0.4, 0.5) is 17.6 Å². The number of rotatable bonds is 3. The molecule has 2 unspecified atom stereocenters. The van der Waals surface area contributed by atoms with Crippen LogP contribution in [0.1, 0.15) is 29.5 Å². The zero-order valence-electron chi connectivity index (χ0n) is 13.8. The Bertz CT molecular complexity index is 804. The van der Waals surface area contributed by atoms with Crippen molar-refractivity contribution in [1.29, 1.82) is 0 Å². The Morgan fingerprint density at radius 2 is 2.08 bits per heavy atom. The zero-order chi connectivity index (χ0) is 18.9. The van der Waals surface area contributed by atoms with Gasteiger partial charge in [0, 0.05) is 12.6 Å². The molecular weight excluding hydrogens is 354 g/mol.